The maximum absolute atomic E-state index is 12.3. The van der Waals surface area contributed by atoms with E-state index in [1.54, 1.807) is 0 Å². The molecule has 0 aromatic heterocycles. The van der Waals surface area contributed by atoms with Crippen LogP contribution in [-0.4, -0.2) is 17.4 Å². The SMILES string of the molecule is CCc1ccc(CNC(=O)c2ccc(C3SCCCS3)cc2)cc1. The lowest BCUT2D eigenvalue weighted by atomic mass is 10.1. The highest BCUT2D eigenvalue weighted by atomic mass is 32.2. The summed E-state index contributed by atoms with van der Waals surface area (Å²) in [7, 11) is 0. The maximum Gasteiger partial charge on any atom is 0.251 e. The van der Waals surface area contributed by atoms with Gasteiger partial charge in [-0.3, -0.25) is 4.79 Å². The molecule has 3 rings (SSSR count). The van der Waals surface area contributed by atoms with E-state index in [9.17, 15) is 4.79 Å². The molecule has 0 bridgehead atoms. The smallest absolute Gasteiger partial charge is 0.251 e. The number of thioether (sulfide) groups is 2. The number of rotatable bonds is 5. The van der Waals surface area contributed by atoms with Gasteiger partial charge in [0.1, 0.15) is 0 Å². The zero-order chi connectivity index (χ0) is 16.8. The van der Waals surface area contributed by atoms with E-state index < -0.39 is 0 Å². The van der Waals surface area contributed by atoms with Crippen LogP contribution in [0.2, 0.25) is 0 Å². The molecule has 24 heavy (non-hydrogen) atoms. The number of aryl methyl sites for hydroxylation is 1. The minimum atomic E-state index is -0.00920. The van der Waals surface area contributed by atoms with Gasteiger partial charge < -0.3 is 5.32 Å². The van der Waals surface area contributed by atoms with Gasteiger partial charge in [-0.1, -0.05) is 43.3 Å². The molecular formula is C20H23NOS2. The summed E-state index contributed by atoms with van der Waals surface area (Å²) in [6.45, 7) is 2.71. The van der Waals surface area contributed by atoms with Crippen LogP contribution in [0.25, 0.3) is 0 Å². The predicted molar refractivity (Wildman–Crippen MR) is 106 cm³/mol. The average Bonchev–Trinajstić information content (AvgIpc) is 2.67. The summed E-state index contributed by atoms with van der Waals surface area (Å²) in [5.74, 6) is 2.46. The average molecular weight is 358 g/mol. The summed E-state index contributed by atoms with van der Waals surface area (Å²) in [5, 5.41) is 3.00. The second kappa shape index (κ2) is 8.63. The van der Waals surface area contributed by atoms with Crippen molar-refractivity contribution in [2.24, 2.45) is 0 Å². The highest BCUT2D eigenvalue weighted by Gasteiger charge is 2.16. The molecule has 0 aliphatic carbocycles. The molecule has 2 nitrogen and oxygen atoms in total. The first-order valence-corrected chi connectivity index (χ1v) is 10.5. The third-order valence-corrected chi connectivity index (χ3v) is 7.17. The zero-order valence-electron chi connectivity index (χ0n) is 14.0. The van der Waals surface area contributed by atoms with E-state index in [-0.39, 0.29) is 5.91 Å². The van der Waals surface area contributed by atoms with Crippen molar-refractivity contribution < 1.29 is 4.79 Å². The molecule has 1 amide bonds. The molecule has 126 valence electrons. The van der Waals surface area contributed by atoms with Crippen LogP contribution in [0, 0.1) is 0 Å². The van der Waals surface area contributed by atoms with E-state index in [0.717, 1.165) is 17.5 Å². The Morgan fingerprint density at radius 1 is 1.00 bits per heavy atom. The van der Waals surface area contributed by atoms with Gasteiger partial charge in [0.2, 0.25) is 0 Å². The molecule has 1 aliphatic rings. The first kappa shape index (κ1) is 17.4. The lowest BCUT2D eigenvalue weighted by Gasteiger charge is -2.21. The summed E-state index contributed by atoms with van der Waals surface area (Å²) in [4.78, 5) is 12.3. The quantitative estimate of drug-likeness (QED) is 0.812. The normalized spacial score (nSPS) is 15.2. The number of nitrogens with one attached hydrogen (secondary N) is 1. The molecule has 0 saturated carbocycles. The second-order valence-electron chi connectivity index (χ2n) is 5.90. The van der Waals surface area contributed by atoms with Crippen LogP contribution in [-0.2, 0) is 13.0 Å². The Bertz CT molecular complexity index is 661. The van der Waals surface area contributed by atoms with E-state index >= 15 is 0 Å². The standard InChI is InChI=1S/C20H23NOS2/c1-2-15-4-6-16(7-5-15)14-21-19(22)17-8-10-18(11-9-17)20-23-12-3-13-24-20/h4-11,20H,2-3,12-14H2,1H3,(H,21,22). The second-order valence-corrected chi connectivity index (χ2v) is 8.63. The first-order chi connectivity index (χ1) is 11.8. The molecule has 1 heterocycles. The molecule has 2 aromatic carbocycles. The maximum atomic E-state index is 12.3. The molecule has 1 saturated heterocycles. The summed E-state index contributed by atoms with van der Waals surface area (Å²) < 4.78 is 0.521. The Kier molecular flexibility index (Phi) is 6.27. The monoisotopic (exact) mass is 357 g/mol. The molecule has 0 unspecified atom stereocenters. The van der Waals surface area contributed by atoms with Crippen LogP contribution in [0.15, 0.2) is 48.5 Å². The van der Waals surface area contributed by atoms with Gasteiger partial charge in [-0.2, -0.15) is 0 Å². The van der Waals surface area contributed by atoms with Crippen molar-refractivity contribution in [2.75, 3.05) is 11.5 Å². The van der Waals surface area contributed by atoms with Gasteiger partial charge in [0.25, 0.3) is 5.91 Å². The molecule has 0 radical (unpaired) electrons. The Balaban J connectivity index is 1.56. The van der Waals surface area contributed by atoms with Crippen LogP contribution in [0.5, 0.6) is 0 Å². The summed E-state index contributed by atoms with van der Waals surface area (Å²) in [6.07, 6.45) is 2.34. The number of carbonyl (C=O) groups excluding carboxylic acids is 1. The van der Waals surface area contributed by atoms with Crippen molar-refractivity contribution >= 4 is 29.4 Å². The molecule has 0 spiro atoms. The van der Waals surface area contributed by atoms with E-state index in [1.165, 1.54) is 29.1 Å². The van der Waals surface area contributed by atoms with Gasteiger partial charge in [-0.05, 0) is 53.2 Å². The fourth-order valence-corrected chi connectivity index (χ4v) is 5.54. The molecule has 1 aliphatic heterocycles. The molecule has 0 atom stereocenters. The number of carbonyl (C=O) groups is 1. The van der Waals surface area contributed by atoms with E-state index in [1.807, 2.05) is 35.7 Å². The summed E-state index contributed by atoms with van der Waals surface area (Å²) in [5.41, 5.74) is 4.50. The third-order valence-electron chi connectivity index (χ3n) is 4.16. The van der Waals surface area contributed by atoms with Crippen molar-refractivity contribution in [1.29, 1.82) is 0 Å². The van der Waals surface area contributed by atoms with E-state index in [4.69, 9.17) is 0 Å². The molecule has 1 fully saturated rings. The highest BCUT2D eigenvalue weighted by molar-refractivity contribution is 8.16. The van der Waals surface area contributed by atoms with E-state index in [0.29, 0.717) is 11.1 Å². The number of hydrogen-bond acceptors (Lipinski definition) is 3. The first-order valence-electron chi connectivity index (χ1n) is 8.45. The van der Waals surface area contributed by atoms with Crippen LogP contribution in [0.4, 0.5) is 0 Å². The van der Waals surface area contributed by atoms with Gasteiger partial charge in [0.15, 0.2) is 0 Å². The van der Waals surface area contributed by atoms with Gasteiger partial charge in [-0.25, -0.2) is 0 Å². The minimum absolute atomic E-state index is 0.00920. The Morgan fingerprint density at radius 3 is 2.25 bits per heavy atom. The Hall–Kier alpha value is -1.39. The van der Waals surface area contributed by atoms with Crippen LogP contribution >= 0.6 is 23.5 Å². The lowest BCUT2D eigenvalue weighted by Crippen LogP contribution is -2.22. The lowest BCUT2D eigenvalue weighted by molar-refractivity contribution is 0.0951. The van der Waals surface area contributed by atoms with Crippen LogP contribution < -0.4 is 5.32 Å². The van der Waals surface area contributed by atoms with Crippen molar-refractivity contribution in [3.8, 4) is 0 Å². The Labute approximate surface area is 152 Å². The van der Waals surface area contributed by atoms with Gasteiger partial charge in [0, 0.05) is 12.1 Å². The van der Waals surface area contributed by atoms with Crippen molar-refractivity contribution in [2.45, 2.75) is 30.9 Å². The topological polar surface area (TPSA) is 29.1 Å². The van der Waals surface area contributed by atoms with Gasteiger partial charge >= 0.3 is 0 Å². The fourth-order valence-electron chi connectivity index (χ4n) is 2.65. The predicted octanol–water partition coefficient (Wildman–Crippen LogP) is 5.05. The van der Waals surface area contributed by atoms with Crippen LogP contribution in [0.1, 0.15) is 45.0 Å². The van der Waals surface area contributed by atoms with Crippen LogP contribution in [0.3, 0.4) is 0 Å². The molecular weight excluding hydrogens is 334 g/mol. The minimum Gasteiger partial charge on any atom is -0.348 e. The Morgan fingerprint density at radius 2 is 1.62 bits per heavy atom. The number of benzene rings is 2. The summed E-state index contributed by atoms with van der Waals surface area (Å²) >= 11 is 4.01. The van der Waals surface area contributed by atoms with Crippen molar-refractivity contribution in [1.82, 2.24) is 5.32 Å². The largest absolute Gasteiger partial charge is 0.348 e. The molecule has 1 N–H and O–H groups in total. The summed E-state index contributed by atoms with van der Waals surface area (Å²) in [6, 6.07) is 16.5. The molecule has 4 heteroatoms. The zero-order valence-corrected chi connectivity index (χ0v) is 15.6. The fraction of sp³-hybridized carbons (Fsp3) is 0.350. The number of hydrogen-bond donors (Lipinski definition) is 1. The third kappa shape index (κ3) is 4.58. The van der Waals surface area contributed by atoms with Crippen molar-refractivity contribution in [3.05, 3.63) is 70.8 Å². The highest BCUT2D eigenvalue weighted by Crippen LogP contribution is 2.43. The van der Waals surface area contributed by atoms with Crippen molar-refractivity contribution in [3.63, 3.8) is 0 Å². The van der Waals surface area contributed by atoms with Gasteiger partial charge in [-0.15, -0.1) is 23.5 Å². The van der Waals surface area contributed by atoms with Gasteiger partial charge in [0.05, 0.1) is 4.58 Å². The molecule has 2 aromatic rings. The van der Waals surface area contributed by atoms with E-state index in [2.05, 4.69) is 48.6 Å². The number of amides is 1.